The molecule has 0 heterocycles. The molecule has 19 heavy (non-hydrogen) atoms. The van der Waals surface area contributed by atoms with Crippen LogP contribution in [0.25, 0.3) is 0 Å². The summed E-state index contributed by atoms with van der Waals surface area (Å²) in [5.41, 5.74) is 0.713. The van der Waals surface area contributed by atoms with Gasteiger partial charge >= 0.3 is 0 Å². The molecule has 2 aromatic carbocycles. The van der Waals surface area contributed by atoms with E-state index >= 15 is 0 Å². The number of hydrogen-bond donors (Lipinski definition) is 3. The zero-order chi connectivity index (χ0) is 14.0. The Bertz CT molecular complexity index is 646. The van der Waals surface area contributed by atoms with Crippen LogP contribution in [0.2, 0.25) is 5.02 Å². The molecule has 2 rings (SSSR count). The topological polar surface area (TPSA) is 69.6 Å². The summed E-state index contributed by atoms with van der Waals surface area (Å²) in [7, 11) is 0. The van der Waals surface area contributed by atoms with Gasteiger partial charge in [-0.05, 0) is 59.0 Å². The number of carbonyl (C=O) groups is 1. The number of phenols is 2. The Hall–Kier alpha value is -1.47. The van der Waals surface area contributed by atoms with Gasteiger partial charge in [0.15, 0.2) is 11.5 Å². The lowest BCUT2D eigenvalue weighted by Crippen LogP contribution is -2.12. The molecule has 0 aromatic heterocycles. The number of rotatable bonds is 2. The molecule has 0 spiro atoms. The van der Waals surface area contributed by atoms with Crippen molar-refractivity contribution in [3.63, 3.8) is 0 Å². The third-order valence-electron chi connectivity index (χ3n) is 2.42. The van der Waals surface area contributed by atoms with Crippen LogP contribution < -0.4 is 5.32 Å². The minimum atomic E-state index is -0.418. The third kappa shape index (κ3) is 3.30. The van der Waals surface area contributed by atoms with Crippen molar-refractivity contribution < 1.29 is 15.0 Å². The van der Waals surface area contributed by atoms with Crippen molar-refractivity contribution in [1.29, 1.82) is 0 Å². The second-order valence-corrected chi connectivity index (χ2v) is 5.43. The lowest BCUT2D eigenvalue weighted by molar-refractivity contribution is 0.102. The summed E-state index contributed by atoms with van der Waals surface area (Å²) in [4.78, 5) is 12.0. The maximum Gasteiger partial charge on any atom is 0.255 e. The number of benzene rings is 2. The molecular formula is C13H9ClINO3. The monoisotopic (exact) mass is 389 g/mol. The van der Waals surface area contributed by atoms with Crippen LogP contribution in [0.4, 0.5) is 5.69 Å². The molecule has 2 aromatic rings. The van der Waals surface area contributed by atoms with Gasteiger partial charge in [0.05, 0.1) is 10.7 Å². The Morgan fingerprint density at radius 2 is 1.84 bits per heavy atom. The zero-order valence-corrected chi connectivity index (χ0v) is 12.4. The number of carbonyl (C=O) groups excluding carboxylic acids is 1. The molecule has 6 heteroatoms. The largest absolute Gasteiger partial charge is 0.504 e. The first-order valence-electron chi connectivity index (χ1n) is 5.26. The first-order valence-corrected chi connectivity index (χ1v) is 6.71. The summed E-state index contributed by atoms with van der Waals surface area (Å²) >= 11 is 8.13. The van der Waals surface area contributed by atoms with E-state index in [1.54, 1.807) is 12.1 Å². The van der Waals surface area contributed by atoms with E-state index in [-0.39, 0.29) is 17.1 Å². The fourth-order valence-corrected chi connectivity index (χ4v) is 2.35. The SMILES string of the molecule is O=C(Nc1ccc(I)cc1Cl)c1ccc(O)c(O)c1. The van der Waals surface area contributed by atoms with Crippen molar-refractivity contribution >= 4 is 45.8 Å². The standard InChI is InChI=1S/C13H9ClINO3/c14-9-6-8(15)2-3-10(9)16-13(19)7-1-4-11(17)12(18)5-7/h1-6,17-18H,(H,16,19). The molecule has 0 saturated heterocycles. The zero-order valence-electron chi connectivity index (χ0n) is 9.52. The Morgan fingerprint density at radius 3 is 2.47 bits per heavy atom. The Balaban J connectivity index is 2.23. The highest BCUT2D eigenvalue weighted by Gasteiger charge is 2.11. The van der Waals surface area contributed by atoms with Crippen LogP contribution in [0.5, 0.6) is 11.5 Å². The van der Waals surface area contributed by atoms with Crippen LogP contribution >= 0.6 is 34.2 Å². The first kappa shape index (κ1) is 14.0. The molecule has 0 radical (unpaired) electrons. The minimum absolute atomic E-state index is 0.227. The predicted molar refractivity (Wildman–Crippen MR) is 81.9 cm³/mol. The molecule has 0 atom stereocenters. The highest BCUT2D eigenvalue weighted by atomic mass is 127. The van der Waals surface area contributed by atoms with Crippen LogP contribution in [0.3, 0.4) is 0 Å². The highest BCUT2D eigenvalue weighted by Crippen LogP contribution is 2.27. The molecule has 0 bridgehead atoms. The van der Waals surface area contributed by atoms with Crippen molar-refractivity contribution in [2.24, 2.45) is 0 Å². The van der Waals surface area contributed by atoms with E-state index in [0.29, 0.717) is 10.7 Å². The second-order valence-electron chi connectivity index (χ2n) is 3.78. The Labute approximate surface area is 128 Å². The molecule has 0 aliphatic rings. The maximum absolute atomic E-state index is 12.0. The minimum Gasteiger partial charge on any atom is -0.504 e. The number of phenolic OH excluding ortho intramolecular Hbond substituents is 2. The number of aromatic hydroxyl groups is 2. The molecule has 0 unspecified atom stereocenters. The quantitative estimate of drug-likeness (QED) is 0.543. The van der Waals surface area contributed by atoms with Crippen molar-refractivity contribution in [2.75, 3.05) is 5.32 Å². The third-order valence-corrected chi connectivity index (χ3v) is 3.40. The molecule has 0 aliphatic carbocycles. The van der Waals surface area contributed by atoms with Crippen molar-refractivity contribution in [3.05, 3.63) is 50.6 Å². The average Bonchev–Trinajstić information content (AvgIpc) is 2.36. The Kier molecular flexibility index (Phi) is 4.16. The highest BCUT2D eigenvalue weighted by molar-refractivity contribution is 14.1. The molecule has 98 valence electrons. The lowest BCUT2D eigenvalue weighted by atomic mass is 10.2. The van der Waals surface area contributed by atoms with E-state index in [1.165, 1.54) is 18.2 Å². The van der Waals surface area contributed by atoms with Crippen LogP contribution in [0, 0.1) is 3.57 Å². The average molecular weight is 390 g/mol. The van der Waals surface area contributed by atoms with Gasteiger partial charge in [-0.2, -0.15) is 0 Å². The summed E-state index contributed by atoms with van der Waals surface area (Å²) in [6, 6.07) is 9.08. The number of anilines is 1. The van der Waals surface area contributed by atoms with Gasteiger partial charge in [0.2, 0.25) is 0 Å². The summed E-state index contributed by atoms with van der Waals surface area (Å²) in [6.45, 7) is 0. The van der Waals surface area contributed by atoms with E-state index in [9.17, 15) is 15.0 Å². The van der Waals surface area contributed by atoms with E-state index < -0.39 is 5.91 Å². The van der Waals surface area contributed by atoms with Gasteiger partial charge in [-0.3, -0.25) is 4.79 Å². The molecule has 0 saturated carbocycles. The van der Waals surface area contributed by atoms with Gasteiger partial charge in [-0.15, -0.1) is 0 Å². The van der Waals surface area contributed by atoms with E-state index in [0.717, 1.165) is 3.57 Å². The summed E-state index contributed by atoms with van der Waals surface area (Å²) in [6.07, 6.45) is 0. The molecule has 1 amide bonds. The summed E-state index contributed by atoms with van der Waals surface area (Å²) in [5, 5.41) is 21.6. The Morgan fingerprint density at radius 1 is 1.11 bits per heavy atom. The van der Waals surface area contributed by atoms with Gasteiger partial charge in [0.25, 0.3) is 5.91 Å². The van der Waals surface area contributed by atoms with Crippen molar-refractivity contribution in [3.8, 4) is 11.5 Å². The predicted octanol–water partition coefficient (Wildman–Crippen LogP) is 3.61. The summed E-state index contributed by atoms with van der Waals surface area (Å²) < 4.78 is 0.961. The van der Waals surface area contributed by atoms with Gasteiger partial charge in [-0.1, -0.05) is 11.6 Å². The van der Waals surface area contributed by atoms with E-state index in [4.69, 9.17) is 11.6 Å². The van der Waals surface area contributed by atoms with Crippen LogP contribution in [0.15, 0.2) is 36.4 Å². The smallest absolute Gasteiger partial charge is 0.255 e. The van der Waals surface area contributed by atoms with Gasteiger partial charge in [0, 0.05) is 9.13 Å². The van der Waals surface area contributed by atoms with E-state index in [1.807, 2.05) is 6.07 Å². The molecule has 3 N–H and O–H groups in total. The van der Waals surface area contributed by atoms with Crippen LogP contribution in [-0.2, 0) is 0 Å². The maximum atomic E-state index is 12.0. The fraction of sp³-hybridized carbons (Fsp3) is 0. The number of nitrogens with one attached hydrogen (secondary N) is 1. The van der Waals surface area contributed by atoms with Crippen molar-refractivity contribution in [2.45, 2.75) is 0 Å². The normalized spacial score (nSPS) is 10.2. The lowest BCUT2D eigenvalue weighted by Gasteiger charge is -2.08. The second kappa shape index (κ2) is 5.66. The molecular weight excluding hydrogens is 381 g/mol. The molecule has 0 aliphatic heterocycles. The molecule has 0 fully saturated rings. The first-order chi connectivity index (χ1) is 8.97. The number of halogens is 2. The van der Waals surface area contributed by atoms with Gasteiger partial charge in [-0.25, -0.2) is 0 Å². The van der Waals surface area contributed by atoms with Crippen LogP contribution in [-0.4, -0.2) is 16.1 Å². The van der Waals surface area contributed by atoms with Crippen molar-refractivity contribution in [1.82, 2.24) is 0 Å². The van der Waals surface area contributed by atoms with Crippen LogP contribution in [0.1, 0.15) is 10.4 Å². The van der Waals surface area contributed by atoms with Gasteiger partial charge in [0.1, 0.15) is 0 Å². The van der Waals surface area contributed by atoms with Gasteiger partial charge < -0.3 is 15.5 Å². The van der Waals surface area contributed by atoms with E-state index in [2.05, 4.69) is 27.9 Å². The summed E-state index contributed by atoms with van der Waals surface area (Å²) in [5.74, 6) is -1.04. The molecule has 4 nitrogen and oxygen atoms in total. The number of amides is 1. The number of hydrogen-bond acceptors (Lipinski definition) is 3. The fourth-order valence-electron chi connectivity index (χ4n) is 1.45.